The predicted octanol–water partition coefficient (Wildman–Crippen LogP) is 1.60. The van der Waals surface area contributed by atoms with E-state index in [1.54, 1.807) is 12.5 Å². The van der Waals surface area contributed by atoms with Crippen LogP contribution in [0.15, 0.2) is 36.9 Å². The van der Waals surface area contributed by atoms with E-state index in [1.807, 2.05) is 25.4 Å². The van der Waals surface area contributed by atoms with Crippen molar-refractivity contribution in [3.05, 3.63) is 48.2 Å². The van der Waals surface area contributed by atoms with E-state index in [-0.39, 0.29) is 0 Å². The number of hydrogen-bond donors (Lipinski definition) is 1. The summed E-state index contributed by atoms with van der Waals surface area (Å²) < 4.78 is 5.79. The summed E-state index contributed by atoms with van der Waals surface area (Å²) in [5.41, 5.74) is 2.30. The Balaban J connectivity index is 1.65. The van der Waals surface area contributed by atoms with Crippen LogP contribution in [-0.2, 0) is 17.7 Å². The molecule has 6 nitrogen and oxygen atoms in total. The number of nitrogens with one attached hydrogen (secondary N) is 1. The maximum absolute atomic E-state index is 5.79. The molecule has 1 aliphatic heterocycles. The fraction of sp³-hybridized carbons (Fsp3) is 0.471. The van der Waals surface area contributed by atoms with Crippen LogP contribution in [0.5, 0.6) is 0 Å². The van der Waals surface area contributed by atoms with Crippen molar-refractivity contribution >= 4 is 5.82 Å². The highest BCUT2D eigenvalue weighted by molar-refractivity contribution is 5.42. The van der Waals surface area contributed by atoms with Gasteiger partial charge in [-0.25, -0.2) is 15.0 Å². The van der Waals surface area contributed by atoms with E-state index in [0.29, 0.717) is 5.92 Å². The third-order valence-corrected chi connectivity index (χ3v) is 4.08. The molecule has 0 radical (unpaired) electrons. The summed E-state index contributed by atoms with van der Waals surface area (Å²) in [6, 6.07) is 6.10. The molecule has 122 valence electrons. The second-order valence-corrected chi connectivity index (χ2v) is 5.84. The Labute approximate surface area is 136 Å². The lowest BCUT2D eigenvalue weighted by Crippen LogP contribution is -2.31. The molecule has 0 spiro atoms. The van der Waals surface area contributed by atoms with Crippen molar-refractivity contribution in [2.24, 2.45) is 5.92 Å². The van der Waals surface area contributed by atoms with Crippen molar-refractivity contribution in [3.63, 3.8) is 0 Å². The molecule has 0 saturated carbocycles. The van der Waals surface area contributed by atoms with Crippen LogP contribution >= 0.6 is 0 Å². The van der Waals surface area contributed by atoms with Gasteiger partial charge >= 0.3 is 0 Å². The van der Waals surface area contributed by atoms with Crippen LogP contribution in [-0.4, -0.2) is 53.2 Å². The minimum atomic E-state index is 0.446. The average Bonchev–Trinajstić information content (AvgIpc) is 2.81. The predicted molar refractivity (Wildman–Crippen MR) is 89.1 cm³/mol. The minimum absolute atomic E-state index is 0.446. The van der Waals surface area contributed by atoms with E-state index in [4.69, 9.17) is 4.74 Å². The van der Waals surface area contributed by atoms with Crippen LogP contribution in [0.25, 0.3) is 0 Å². The van der Waals surface area contributed by atoms with E-state index in [2.05, 4.69) is 31.2 Å². The summed E-state index contributed by atoms with van der Waals surface area (Å²) in [7, 11) is 1.91. The highest BCUT2D eigenvalue weighted by atomic mass is 16.5. The van der Waals surface area contributed by atoms with E-state index >= 15 is 0 Å². The Kier molecular flexibility index (Phi) is 5.50. The molecule has 0 aromatic carbocycles. The SMILES string of the molecule is CNc1ncccc1CN1CCOC[C@H](Cc2ccncn2)C1. The van der Waals surface area contributed by atoms with E-state index in [1.165, 1.54) is 5.56 Å². The molecule has 1 aliphatic rings. The molecular weight excluding hydrogens is 290 g/mol. The first kappa shape index (κ1) is 15.8. The van der Waals surface area contributed by atoms with Crippen LogP contribution in [0.4, 0.5) is 5.82 Å². The standard InChI is InChI=1S/C17H23N5O/c1-18-17-15(3-2-5-20-17)11-22-7-8-23-12-14(10-22)9-16-4-6-19-13-21-16/h2-6,13-14H,7-12H2,1H3,(H,18,20)/t14-/m1/s1. The number of rotatable bonds is 5. The average molecular weight is 313 g/mol. The van der Waals surface area contributed by atoms with Gasteiger partial charge in [0.1, 0.15) is 12.1 Å². The fourth-order valence-electron chi connectivity index (χ4n) is 2.99. The molecule has 0 unspecified atom stereocenters. The number of hydrogen-bond acceptors (Lipinski definition) is 6. The van der Waals surface area contributed by atoms with Gasteiger partial charge in [-0.1, -0.05) is 6.07 Å². The first-order chi connectivity index (χ1) is 11.3. The molecule has 6 heteroatoms. The molecule has 23 heavy (non-hydrogen) atoms. The molecule has 0 bridgehead atoms. The molecule has 1 fully saturated rings. The molecule has 0 aliphatic carbocycles. The summed E-state index contributed by atoms with van der Waals surface area (Å²) >= 11 is 0. The highest BCUT2D eigenvalue weighted by Crippen LogP contribution is 2.18. The zero-order valence-electron chi connectivity index (χ0n) is 13.5. The molecule has 1 N–H and O–H groups in total. The third-order valence-electron chi connectivity index (χ3n) is 4.08. The zero-order valence-corrected chi connectivity index (χ0v) is 13.5. The van der Waals surface area contributed by atoms with Crippen molar-refractivity contribution in [3.8, 4) is 0 Å². The molecule has 1 atom stereocenters. The first-order valence-electron chi connectivity index (χ1n) is 8.02. The highest BCUT2D eigenvalue weighted by Gasteiger charge is 2.20. The Bertz CT molecular complexity index is 607. The van der Waals surface area contributed by atoms with Gasteiger partial charge < -0.3 is 10.1 Å². The van der Waals surface area contributed by atoms with E-state index in [9.17, 15) is 0 Å². The largest absolute Gasteiger partial charge is 0.380 e. The lowest BCUT2D eigenvalue weighted by molar-refractivity contribution is 0.121. The van der Waals surface area contributed by atoms with Gasteiger partial charge in [-0.2, -0.15) is 0 Å². The van der Waals surface area contributed by atoms with Gasteiger partial charge in [-0.15, -0.1) is 0 Å². The lowest BCUT2D eigenvalue weighted by Gasteiger charge is -2.24. The number of ether oxygens (including phenoxy) is 1. The fourth-order valence-corrected chi connectivity index (χ4v) is 2.99. The number of nitrogens with zero attached hydrogens (tertiary/aromatic N) is 4. The Hall–Kier alpha value is -2.05. The number of anilines is 1. The van der Waals surface area contributed by atoms with E-state index in [0.717, 1.165) is 50.8 Å². The monoisotopic (exact) mass is 313 g/mol. The second kappa shape index (κ2) is 7.99. The summed E-state index contributed by atoms with van der Waals surface area (Å²) in [6.07, 6.45) is 6.15. The van der Waals surface area contributed by atoms with Gasteiger partial charge in [-0.3, -0.25) is 4.90 Å². The summed E-state index contributed by atoms with van der Waals surface area (Å²) in [4.78, 5) is 15.1. The topological polar surface area (TPSA) is 63.2 Å². The van der Waals surface area contributed by atoms with Crippen molar-refractivity contribution in [2.75, 3.05) is 38.7 Å². The van der Waals surface area contributed by atoms with Gasteiger partial charge in [0, 0.05) is 56.3 Å². The van der Waals surface area contributed by atoms with Gasteiger partial charge in [-0.05, 0) is 18.6 Å². The molecule has 1 saturated heterocycles. The van der Waals surface area contributed by atoms with Gasteiger partial charge in [0.25, 0.3) is 0 Å². The summed E-state index contributed by atoms with van der Waals surface area (Å²) in [5.74, 6) is 1.40. The maximum Gasteiger partial charge on any atom is 0.130 e. The number of pyridine rings is 1. The van der Waals surface area contributed by atoms with Crippen molar-refractivity contribution in [1.82, 2.24) is 19.9 Å². The van der Waals surface area contributed by atoms with Crippen LogP contribution in [0, 0.1) is 5.92 Å². The molecule has 3 heterocycles. The van der Waals surface area contributed by atoms with Crippen molar-refractivity contribution < 1.29 is 4.74 Å². The van der Waals surface area contributed by atoms with Crippen LogP contribution in [0.3, 0.4) is 0 Å². The summed E-state index contributed by atoms with van der Waals surface area (Å²) in [5, 5.41) is 3.17. The van der Waals surface area contributed by atoms with Crippen molar-refractivity contribution in [1.29, 1.82) is 0 Å². The lowest BCUT2D eigenvalue weighted by atomic mass is 10.0. The molecule has 2 aromatic rings. The second-order valence-electron chi connectivity index (χ2n) is 5.84. The van der Waals surface area contributed by atoms with Gasteiger partial charge in [0.15, 0.2) is 0 Å². The Morgan fingerprint density at radius 3 is 3.09 bits per heavy atom. The van der Waals surface area contributed by atoms with Crippen LogP contribution in [0.2, 0.25) is 0 Å². The smallest absolute Gasteiger partial charge is 0.130 e. The van der Waals surface area contributed by atoms with Gasteiger partial charge in [0.2, 0.25) is 0 Å². The van der Waals surface area contributed by atoms with Gasteiger partial charge in [0.05, 0.1) is 13.2 Å². The molecule has 0 amide bonds. The molecule has 2 aromatic heterocycles. The van der Waals surface area contributed by atoms with E-state index < -0.39 is 0 Å². The number of aromatic nitrogens is 3. The Morgan fingerprint density at radius 1 is 1.30 bits per heavy atom. The van der Waals surface area contributed by atoms with Crippen LogP contribution in [0.1, 0.15) is 11.3 Å². The zero-order chi connectivity index (χ0) is 15.9. The maximum atomic E-state index is 5.79. The summed E-state index contributed by atoms with van der Waals surface area (Å²) in [6.45, 7) is 4.38. The van der Waals surface area contributed by atoms with Crippen molar-refractivity contribution in [2.45, 2.75) is 13.0 Å². The Morgan fingerprint density at radius 2 is 2.26 bits per heavy atom. The quantitative estimate of drug-likeness (QED) is 0.905. The van der Waals surface area contributed by atoms with Crippen LogP contribution < -0.4 is 5.32 Å². The molecular formula is C17H23N5O. The third kappa shape index (κ3) is 4.46. The molecule has 3 rings (SSSR count). The first-order valence-corrected chi connectivity index (χ1v) is 8.02. The normalized spacial score (nSPS) is 19.3. The minimum Gasteiger partial charge on any atom is -0.380 e.